The summed E-state index contributed by atoms with van der Waals surface area (Å²) in [5.41, 5.74) is 2.72. The molecule has 2 aromatic rings. The van der Waals surface area contributed by atoms with E-state index < -0.39 is 0 Å². The molecule has 0 fully saturated rings. The molecule has 0 saturated heterocycles. The maximum Gasteiger partial charge on any atom is 0.119 e. The summed E-state index contributed by atoms with van der Waals surface area (Å²) in [4.78, 5) is 1.23. The Morgan fingerprint density at radius 1 is 1.04 bits per heavy atom. The summed E-state index contributed by atoms with van der Waals surface area (Å²) in [6, 6.07) is 14.7. The van der Waals surface area contributed by atoms with Crippen molar-refractivity contribution in [1.82, 2.24) is 0 Å². The second-order valence-corrected chi connectivity index (χ2v) is 6.83. The van der Waals surface area contributed by atoms with Crippen LogP contribution in [0, 0.1) is 0 Å². The highest BCUT2D eigenvalue weighted by Crippen LogP contribution is 2.45. The molecule has 0 bridgehead atoms. The number of methoxy groups -OCH3 is 2. The fourth-order valence-corrected chi connectivity index (χ4v) is 4.09. The predicted molar refractivity (Wildman–Crippen MR) is 96.8 cm³/mol. The smallest absolute Gasteiger partial charge is 0.119 e. The van der Waals surface area contributed by atoms with Crippen LogP contribution in [0.3, 0.4) is 0 Å². The molecule has 0 radical (unpaired) electrons. The van der Waals surface area contributed by atoms with Crippen molar-refractivity contribution in [3.05, 3.63) is 48.0 Å². The average Bonchev–Trinajstić information content (AvgIpc) is 2.93. The van der Waals surface area contributed by atoms with Gasteiger partial charge in [-0.05, 0) is 66.4 Å². The third kappa shape index (κ3) is 3.42. The van der Waals surface area contributed by atoms with E-state index in [0.717, 1.165) is 18.0 Å². The minimum absolute atomic E-state index is 0.579. The fraction of sp³-hybridized carbons (Fsp3) is 0.368. The Morgan fingerprint density at radius 2 is 1.74 bits per heavy atom. The fourth-order valence-electron chi connectivity index (χ4n) is 3.06. The minimum atomic E-state index is 0.579. The van der Waals surface area contributed by atoms with Gasteiger partial charge in [0.25, 0.3) is 0 Å². The first kappa shape index (κ1) is 16.1. The van der Waals surface area contributed by atoms with Crippen molar-refractivity contribution in [2.75, 3.05) is 25.1 Å². The van der Waals surface area contributed by atoms with Gasteiger partial charge < -0.3 is 13.8 Å². The standard InChI is InChI=1S/C19H23NO2S/c1-4-5-14-13-20(19-11-8-16(22-3)12-18(14)19)23-17-9-6-15(21-2)7-10-17/h6-12,14H,4-5,13H2,1-3H3. The molecule has 2 aromatic carbocycles. The molecule has 0 N–H and O–H groups in total. The summed E-state index contributed by atoms with van der Waals surface area (Å²) in [5.74, 6) is 2.42. The van der Waals surface area contributed by atoms with E-state index in [9.17, 15) is 0 Å². The lowest BCUT2D eigenvalue weighted by molar-refractivity contribution is 0.414. The Labute approximate surface area is 142 Å². The molecule has 1 heterocycles. The van der Waals surface area contributed by atoms with Gasteiger partial charge in [0.1, 0.15) is 11.5 Å². The van der Waals surface area contributed by atoms with E-state index in [1.165, 1.54) is 29.0 Å². The van der Waals surface area contributed by atoms with E-state index in [1.54, 1.807) is 26.2 Å². The van der Waals surface area contributed by atoms with Crippen LogP contribution in [-0.4, -0.2) is 20.8 Å². The van der Waals surface area contributed by atoms with Crippen molar-refractivity contribution < 1.29 is 9.47 Å². The second kappa shape index (κ2) is 7.18. The molecule has 0 amide bonds. The molecule has 0 aromatic heterocycles. The van der Waals surface area contributed by atoms with Crippen molar-refractivity contribution in [3.8, 4) is 11.5 Å². The predicted octanol–water partition coefficient (Wildman–Crippen LogP) is 5.11. The van der Waals surface area contributed by atoms with Gasteiger partial charge in [0.2, 0.25) is 0 Å². The molecular formula is C19H23NO2S. The van der Waals surface area contributed by atoms with Crippen molar-refractivity contribution in [1.29, 1.82) is 0 Å². The first-order chi connectivity index (χ1) is 11.2. The minimum Gasteiger partial charge on any atom is -0.497 e. The molecule has 3 rings (SSSR count). The van der Waals surface area contributed by atoms with E-state index in [0.29, 0.717) is 5.92 Å². The number of hydrogen-bond donors (Lipinski definition) is 0. The van der Waals surface area contributed by atoms with Gasteiger partial charge in [-0.1, -0.05) is 13.3 Å². The van der Waals surface area contributed by atoms with Crippen LogP contribution in [0.25, 0.3) is 0 Å². The van der Waals surface area contributed by atoms with Crippen molar-refractivity contribution in [2.24, 2.45) is 0 Å². The Bertz CT molecular complexity index is 657. The van der Waals surface area contributed by atoms with Gasteiger partial charge in [-0.3, -0.25) is 0 Å². The third-order valence-corrected chi connectivity index (χ3v) is 5.29. The van der Waals surface area contributed by atoms with Crippen LogP contribution in [0.5, 0.6) is 11.5 Å². The largest absolute Gasteiger partial charge is 0.497 e. The van der Waals surface area contributed by atoms with Crippen LogP contribution in [0.2, 0.25) is 0 Å². The molecule has 23 heavy (non-hydrogen) atoms. The molecule has 1 unspecified atom stereocenters. The van der Waals surface area contributed by atoms with Crippen molar-refractivity contribution >= 4 is 17.6 Å². The number of hydrogen-bond acceptors (Lipinski definition) is 4. The number of fused-ring (bicyclic) bond motifs is 1. The maximum absolute atomic E-state index is 5.41. The molecule has 122 valence electrons. The molecule has 1 aliphatic heterocycles. The van der Waals surface area contributed by atoms with Gasteiger partial charge in [-0.15, -0.1) is 0 Å². The van der Waals surface area contributed by atoms with Crippen LogP contribution in [0.4, 0.5) is 5.69 Å². The summed E-state index contributed by atoms with van der Waals surface area (Å²) in [5, 5.41) is 0. The Morgan fingerprint density at radius 3 is 2.39 bits per heavy atom. The molecule has 3 nitrogen and oxygen atoms in total. The van der Waals surface area contributed by atoms with Crippen LogP contribution >= 0.6 is 11.9 Å². The molecular weight excluding hydrogens is 306 g/mol. The lowest BCUT2D eigenvalue weighted by Gasteiger charge is -2.18. The lowest BCUT2D eigenvalue weighted by Crippen LogP contribution is -2.12. The molecule has 1 aliphatic rings. The van der Waals surface area contributed by atoms with Crippen LogP contribution in [-0.2, 0) is 0 Å². The quantitative estimate of drug-likeness (QED) is 0.686. The van der Waals surface area contributed by atoms with Gasteiger partial charge in [0.15, 0.2) is 0 Å². The van der Waals surface area contributed by atoms with Gasteiger partial charge in [-0.2, -0.15) is 0 Å². The summed E-state index contributed by atoms with van der Waals surface area (Å²) in [6.07, 6.45) is 2.40. The molecule has 0 saturated carbocycles. The van der Waals surface area contributed by atoms with Crippen LogP contribution in [0.1, 0.15) is 31.2 Å². The van der Waals surface area contributed by atoms with Crippen LogP contribution < -0.4 is 13.8 Å². The highest BCUT2D eigenvalue weighted by molar-refractivity contribution is 8.00. The SMILES string of the molecule is CCCC1CN(Sc2ccc(OC)cc2)c2ccc(OC)cc21. The van der Waals surface area contributed by atoms with E-state index in [1.807, 2.05) is 12.1 Å². The van der Waals surface area contributed by atoms with Crippen LogP contribution in [0.15, 0.2) is 47.4 Å². The van der Waals surface area contributed by atoms with E-state index in [2.05, 4.69) is 41.6 Å². The van der Waals surface area contributed by atoms with Crippen molar-refractivity contribution in [3.63, 3.8) is 0 Å². The first-order valence-electron chi connectivity index (χ1n) is 8.02. The second-order valence-electron chi connectivity index (χ2n) is 5.74. The molecule has 0 aliphatic carbocycles. The number of benzene rings is 2. The van der Waals surface area contributed by atoms with Gasteiger partial charge in [0.05, 0.1) is 19.9 Å². The lowest BCUT2D eigenvalue weighted by atomic mass is 9.96. The summed E-state index contributed by atoms with van der Waals surface area (Å²) < 4.78 is 13.0. The van der Waals surface area contributed by atoms with E-state index in [4.69, 9.17) is 9.47 Å². The highest BCUT2D eigenvalue weighted by Gasteiger charge is 2.29. The Kier molecular flexibility index (Phi) is 5.01. The normalized spacial score (nSPS) is 16.3. The van der Waals surface area contributed by atoms with E-state index in [-0.39, 0.29) is 0 Å². The summed E-state index contributed by atoms with van der Waals surface area (Å²) in [6.45, 7) is 3.30. The van der Waals surface area contributed by atoms with Gasteiger partial charge in [-0.25, -0.2) is 0 Å². The molecule has 0 spiro atoms. The zero-order chi connectivity index (χ0) is 16.2. The zero-order valence-corrected chi connectivity index (χ0v) is 14.7. The number of nitrogens with zero attached hydrogens (tertiary/aromatic N) is 1. The first-order valence-corrected chi connectivity index (χ1v) is 8.80. The van der Waals surface area contributed by atoms with Gasteiger partial charge >= 0.3 is 0 Å². The zero-order valence-electron chi connectivity index (χ0n) is 13.9. The van der Waals surface area contributed by atoms with Gasteiger partial charge in [0, 0.05) is 17.4 Å². The van der Waals surface area contributed by atoms with E-state index >= 15 is 0 Å². The third-order valence-electron chi connectivity index (χ3n) is 4.24. The molecule has 4 heteroatoms. The Hall–Kier alpha value is -1.81. The average molecular weight is 329 g/mol. The number of rotatable bonds is 6. The van der Waals surface area contributed by atoms with Crippen molar-refractivity contribution in [2.45, 2.75) is 30.6 Å². The topological polar surface area (TPSA) is 21.7 Å². The Balaban J connectivity index is 1.83. The summed E-state index contributed by atoms with van der Waals surface area (Å²) in [7, 11) is 3.43. The highest BCUT2D eigenvalue weighted by atomic mass is 32.2. The molecule has 1 atom stereocenters. The number of anilines is 1. The summed E-state index contributed by atoms with van der Waals surface area (Å²) >= 11 is 1.79. The number of ether oxygens (including phenoxy) is 2. The monoisotopic (exact) mass is 329 g/mol. The maximum atomic E-state index is 5.41.